The SMILES string of the molecule is CC(=O)C1(C)CCC(C(C)C)C1. The predicted molar refractivity (Wildman–Crippen MR) is 51.0 cm³/mol. The van der Waals surface area contributed by atoms with Gasteiger partial charge < -0.3 is 0 Å². The zero-order chi connectivity index (χ0) is 9.35. The van der Waals surface area contributed by atoms with E-state index < -0.39 is 0 Å². The van der Waals surface area contributed by atoms with Crippen molar-refractivity contribution in [3.8, 4) is 0 Å². The maximum Gasteiger partial charge on any atom is 0.135 e. The van der Waals surface area contributed by atoms with Gasteiger partial charge in [0.15, 0.2) is 0 Å². The van der Waals surface area contributed by atoms with Crippen LogP contribution in [0.15, 0.2) is 0 Å². The first-order valence-electron chi connectivity index (χ1n) is 4.97. The van der Waals surface area contributed by atoms with Crippen LogP contribution in [0.25, 0.3) is 0 Å². The van der Waals surface area contributed by atoms with Gasteiger partial charge in [0.1, 0.15) is 5.78 Å². The lowest BCUT2D eigenvalue weighted by Gasteiger charge is -2.21. The lowest BCUT2D eigenvalue weighted by molar-refractivity contribution is -0.125. The zero-order valence-electron chi connectivity index (χ0n) is 8.68. The molecule has 0 heterocycles. The zero-order valence-corrected chi connectivity index (χ0v) is 8.68. The highest BCUT2D eigenvalue weighted by Gasteiger charge is 2.39. The molecule has 0 aromatic rings. The number of Topliss-reactive ketones (excluding diaryl/α,β-unsaturated/α-hetero) is 1. The predicted octanol–water partition coefficient (Wildman–Crippen LogP) is 3.04. The summed E-state index contributed by atoms with van der Waals surface area (Å²) in [7, 11) is 0. The number of carbonyl (C=O) groups is 1. The normalized spacial score (nSPS) is 35.9. The minimum Gasteiger partial charge on any atom is -0.299 e. The Hall–Kier alpha value is -0.330. The summed E-state index contributed by atoms with van der Waals surface area (Å²) in [5, 5.41) is 0. The van der Waals surface area contributed by atoms with E-state index in [-0.39, 0.29) is 5.41 Å². The maximum atomic E-state index is 11.3. The molecule has 0 spiro atoms. The molecule has 1 saturated carbocycles. The van der Waals surface area contributed by atoms with Gasteiger partial charge in [-0.3, -0.25) is 4.79 Å². The number of carbonyl (C=O) groups excluding carboxylic acids is 1. The fraction of sp³-hybridized carbons (Fsp3) is 0.909. The Morgan fingerprint density at radius 2 is 2.08 bits per heavy atom. The van der Waals surface area contributed by atoms with E-state index in [9.17, 15) is 4.79 Å². The van der Waals surface area contributed by atoms with E-state index in [1.165, 1.54) is 6.42 Å². The summed E-state index contributed by atoms with van der Waals surface area (Å²) < 4.78 is 0. The van der Waals surface area contributed by atoms with Crippen molar-refractivity contribution in [1.29, 1.82) is 0 Å². The first kappa shape index (κ1) is 9.76. The third kappa shape index (κ3) is 1.70. The molecule has 0 aromatic heterocycles. The molecule has 1 heteroatoms. The molecule has 0 bridgehead atoms. The molecule has 0 N–H and O–H groups in total. The summed E-state index contributed by atoms with van der Waals surface area (Å²) in [6.45, 7) is 8.38. The van der Waals surface area contributed by atoms with E-state index in [4.69, 9.17) is 0 Å². The summed E-state index contributed by atoms with van der Waals surface area (Å²) >= 11 is 0. The number of hydrogen-bond acceptors (Lipinski definition) is 1. The van der Waals surface area contributed by atoms with Crippen LogP contribution in [0.3, 0.4) is 0 Å². The van der Waals surface area contributed by atoms with Crippen LogP contribution in [-0.2, 0) is 4.79 Å². The molecule has 0 amide bonds. The fourth-order valence-corrected chi connectivity index (χ4v) is 2.18. The Labute approximate surface area is 75.5 Å². The molecule has 1 aliphatic rings. The van der Waals surface area contributed by atoms with Crippen molar-refractivity contribution in [1.82, 2.24) is 0 Å². The van der Waals surface area contributed by atoms with Crippen LogP contribution in [-0.4, -0.2) is 5.78 Å². The van der Waals surface area contributed by atoms with Crippen LogP contribution < -0.4 is 0 Å². The third-order valence-corrected chi connectivity index (χ3v) is 3.57. The van der Waals surface area contributed by atoms with Crippen LogP contribution in [0.2, 0.25) is 0 Å². The van der Waals surface area contributed by atoms with Crippen molar-refractivity contribution < 1.29 is 4.79 Å². The van der Waals surface area contributed by atoms with Gasteiger partial charge in [0.25, 0.3) is 0 Å². The molecule has 1 aliphatic carbocycles. The number of rotatable bonds is 2. The molecule has 0 radical (unpaired) electrons. The summed E-state index contributed by atoms with van der Waals surface area (Å²) in [6, 6.07) is 0. The van der Waals surface area contributed by atoms with Gasteiger partial charge in [-0.2, -0.15) is 0 Å². The van der Waals surface area contributed by atoms with Crippen LogP contribution in [0, 0.1) is 17.3 Å². The topological polar surface area (TPSA) is 17.1 Å². The molecule has 0 aliphatic heterocycles. The monoisotopic (exact) mass is 168 g/mol. The number of ketones is 1. The summed E-state index contributed by atoms with van der Waals surface area (Å²) in [5.74, 6) is 1.90. The highest BCUT2D eigenvalue weighted by molar-refractivity contribution is 5.82. The van der Waals surface area contributed by atoms with E-state index in [0.29, 0.717) is 5.78 Å². The second kappa shape index (κ2) is 3.20. The molecular weight excluding hydrogens is 148 g/mol. The molecule has 0 saturated heterocycles. The molecule has 70 valence electrons. The van der Waals surface area contributed by atoms with E-state index in [1.807, 2.05) is 0 Å². The molecule has 1 rings (SSSR count). The van der Waals surface area contributed by atoms with Crippen molar-refractivity contribution in [2.45, 2.75) is 47.0 Å². The van der Waals surface area contributed by atoms with Crippen LogP contribution in [0.4, 0.5) is 0 Å². The third-order valence-electron chi connectivity index (χ3n) is 3.57. The average molecular weight is 168 g/mol. The smallest absolute Gasteiger partial charge is 0.135 e. The Morgan fingerprint density at radius 3 is 2.33 bits per heavy atom. The van der Waals surface area contributed by atoms with E-state index >= 15 is 0 Å². The van der Waals surface area contributed by atoms with Gasteiger partial charge in [-0.25, -0.2) is 0 Å². The maximum absolute atomic E-state index is 11.3. The summed E-state index contributed by atoms with van der Waals surface area (Å²) in [6.07, 6.45) is 3.46. The van der Waals surface area contributed by atoms with Crippen molar-refractivity contribution in [2.75, 3.05) is 0 Å². The lowest BCUT2D eigenvalue weighted by Crippen LogP contribution is -2.22. The molecule has 0 aromatic carbocycles. The van der Waals surface area contributed by atoms with Crippen LogP contribution in [0.1, 0.15) is 47.0 Å². The summed E-state index contributed by atoms with van der Waals surface area (Å²) in [5.41, 5.74) is 0.00887. The highest BCUT2D eigenvalue weighted by Crippen LogP contribution is 2.44. The van der Waals surface area contributed by atoms with Crippen molar-refractivity contribution in [2.24, 2.45) is 17.3 Å². The van der Waals surface area contributed by atoms with Crippen molar-refractivity contribution in [3.05, 3.63) is 0 Å². The average Bonchev–Trinajstić information content (AvgIpc) is 2.33. The lowest BCUT2D eigenvalue weighted by atomic mass is 9.82. The minimum atomic E-state index is 0.00887. The van der Waals surface area contributed by atoms with Gasteiger partial charge in [-0.15, -0.1) is 0 Å². The van der Waals surface area contributed by atoms with Crippen molar-refractivity contribution >= 4 is 5.78 Å². The fourth-order valence-electron chi connectivity index (χ4n) is 2.18. The Kier molecular flexibility index (Phi) is 2.60. The number of hydrogen-bond donors (Lipinski definition) is 0. The molecule has 12 heavy (non-hydrogen) atoms. The molecular formula is C11H20O. The molecule has 1 nitrogen and oxygen atoms in total. The largest absolute Gasteiger partial charge is 0.299 e. The van der Waals surface area contributed by atoms with E-state index in [2.05, 4.69) is 20.8 Å². The Bertz CT molecular complexity index is 183. The first-order valence-corrected chi connectivity index (χ1v) is 4.97. The standard InChI is InChI=1S/C11H20O/c1-8(2)10-5-6-11(4,7-10)9(3)12/h8,10H,5-7H2,1-4H3. The van der Waals surface area contributed by atoms with Gasteiger partial charge in [0.05, 0.1) is 0 Å². The second-order valence-corrected chi connectivity index (χ2v) is 4.86. The summed E-state index contributed by atoms with van der Waals surface area (Å²) in [4.78, 5) is 11.3. The van der Waals surface area contributed by atoms with Gasteiger partial charge in [0.2, 0.25) is 0 Å². The molecule has 2 unspecified atom stereocenters. The van der Waals surface area contributed by atoms with Crippen LogP contribution in [0.5, 0.6) is 0 Å². The minimum absolute atomic E-state index is 0.00887. The second-order valence-electron chi connectivity index (χ2n) is 4.86. The Balaban J connectivity index is 2.61. The molecule has 2 atom stereocenters. The Morgan fingerprint density at radius 1 is 1.50 bits per heavy atom. The van der Waals surface area contributed by atoms with Gasteiger partial charge in [0, 0.05) is 5.41 Å². The first-order chi connectivity index (χ1) is 5.46. The van der Waals surface area contributed by atoms with Crippen molar-refractivity contribution in [3.63, 3.8) is 0 Å². The van der Waals surface area contributed by atoms with E-state index in [1.54, 1.807) is 6.92 Å². The highest BCUT2D eigenvalue weighted by atomic mass is 16.1. The van der Waals surface area contributed by atoms with Crippen LogP contribution >= 0.6 is 0 Å². The van der Waals surface area contributed by atoms with Gasteiger partial charge in [-0.05, 0) is 38.0 Å². The van der Waals surface area contributed by atoms with E-state index in [0.717, 1.165) is 24.7 Å². The quantitative estimate of drug-likeness (QED) is 0.619. The van der Waals surface area contributed by atoms with Gasteiger partial charge in [-0.1, -0.05) is 20.8 Å². The molecule has 1 fully saturated rings. The van der Waals surface area contributed by atoms with Gasteiger partial charge >= 0.3 is 0 Å².